The number of allylic oxidation sites excluding steroid dienone is 2. The second-order valence-corrected chi connectivity index (χ2v) is 8.42. The lowest BCUT2D eigenvalue weighted by Crippen LogP contribution is -2.53. The smallest absolute Gasteiger partial charge is 0.229 e. The predicted octanol–water partition coefficient (Wildman–Crippen LogP) is 3.64. The molecule has 1 amide bonds. The average Bonchev–Trinajstić information content (AvgIpc) is 2.69. The van der Waals surface area contributed by atoms with Gasteiger partial charge >= 0.3 is 0 Å². The summed E-state index contributed by atoms with van der Waals surface area (Å²) >= 11 is 0. The van der Waals surface area contributed by atoms with Gasteiger partial charge in [-0.3, -0.25) is 9.78 Å². The van der Waals surface area contributed by atoms with Crippen molar-refractivity contribution in [1.82, 2.24) is 14.8 Å². The number of carbonyl (C=O) groups is 1. The van der Waals surface area contributed by atoms with Gasteiger partial charge in [-0.2, -0.15) is 0 Å². The average molecular weight is 354 g/mol. The third kappa shape index (κ3) is 3.85. The largest absolute Gasteiger partial charge is 0.338 e. The molecule has 1 aromatic rings. The van der Waals surface area contributed by atoms with E-state index >= 15 is 0 Å². The molecule has 2 aliphatic heterocycles. The van der Waals surface area contributed by atoms with E-state index in [-0.39, 0.29) is 5.41 Å². The highest BCUT2D eigenvalue weighted by atomic mass is 16.2. The Balaban J connectivity index is 1.34. The van der Waals surface area contributed by atoms with E-state index in [1.165, 1.54) is 31.4 Å². The molecule has 2 fully saturated rings. The number of rotatable bonds is 4. The van der Waals surface area contributed by atoms with Gasteiger partial charge in [0, 0.05) is 32.0 Å². The van der Waals surface area contributed by atoms with Crippen LogP contribution in [0.5, 0.6) is 0 Å². The number of piperidine rings is 2. The molecule has 1 aromatic heterocycles. The fraction of sp³-hybridized carbons (Fsp3) is 0.636. The topological polar surface area (TPSA) is 36.4 Å². The van der Waals surface area contributed by atoms with Crippen molar-refractivity contribution in [2.24, 2.45) is 11.3 Å². The molecule has 140 valence electrons. The lowest BCUT2D eigenvalue weighted by Gasteiger charge is -2.47. The molecule has 4 rings (SSSR count). The van der Waals surface area contributed by atoms with Crippen molar-refractivity contribution >= 4 is 5.91 Å². The summed E-state index contributed by atoms with van der Waals surface area (Å²) in [5.41, 5.74) is 1.10. The van der Waals surface area contributed by atoms with E-state index in [9.17, 15) is 4.79 Å². The van der Waals surface area contributed by atoms with Crippen LogP contribution in [-0.4, -0.2) is 46.9 Å². The maximum Gasteiger partial charge on any atom is 0.229 e. The lowest BCUT2D eigenvalue weighted by molar-refractivity contribution is -0.150. The molecule has 1 aliphatic carbocycles. The Kier molecular flexibility index (Phi) is 5.39. The zero-order valence-electron chi connectivity index (χ0n) is 15.8. The zero-order valence-corrected chi connectivity index (χ0v) is 15.8. The summed E-state index contributed by atoms with van der Waals surface area (Å²) in [5.74, 6) is 1.22. The van der Waals surface area contributed by atoms with Gasteiger partial charge in [-0.1, -0.05) is 12.2 Å². The van der Waals surface area contributed by atoms with E-state index in [0.717, 1.165) is 57.8 Å². The summed E-state index contributed by atoms with van der Waals surface area (Å²) < 4.78 is 0. The van der Waals surface area contributed by atoms with Gasteiger partial charge in [0.15, 0.2) is 0 Å². The molecule has 4 nitrogen and oxygen atoms in total. The van der Waals surface area contributed by atoms with Crippen molar-refractivity contribution in [3.8, 4) is 0 Å². The number of aromatic nitrogens is 1. The molecule has 3 aliphatic rings. The van der Waals surface area contributed by atoms with Crippen LogP contribution in [0.25, 0.3) is 0 Å². The van der Waals surface area contributed by atoms with Crippen LogP contribution in [0.1, 0.15) is 50.5 Å². The van der Waals surface area contributed by atoms with E-state index in [2.05, 4.69) is 26.9 Å². The molecule has 0 bridgehead atoms. The van der Waals surface area contributed by atoms with Crippen molar-refractivity contribution in [2.75, 3.05) is 26.2 Å². The molecule has 1 spiro atoms. The van der Waals surface area contributed by atoms with Crippen molar-refractivity contribution in [3.63, 3.8) is 0 Å². The van der Waals surface area contributed by atoms with Crippen LogP contribution >= 0.6 is 0 Å². The highest BCUT2D eigenvalue weighted by Gasteiger charge is 2.45. The Morgan fingerprint density at radius 1 is 1.08 bits per heavy atom. The third-order valence-corrected chi connectivity index (χ3v) is 6.65. The first-order valence-corrected chi connectivity index (χ1v) is 10.3. The minimum absolute atomic E-state index is 0.0890. The van der Waals surface area contributed by atoms with E-state index in [1.807, 2.05) is 24.5 Å². The first-order chi connectivity index (χ1) is 12.8. The van der Waals surface area contributed by atoms with Gasteiger partial charge in [0.1, 0.15) is 0 Å². The van der Waals surface area contributed by atoms with Crippen LogP contribution in [0, 0.1) is 11.3 Å². The fourth-order valence-electron chi connectivity index (χ4n) is 5.03. The normalized spacial score (nSPS) is 26.4. The van der Waals surface area contributed by atoms with Gasteiger partial charge in [-0.15, -0.1) is 0 Å². The Morgan fingerprint density at radius 3 is 2.62 bits per heavy atom. The predicted molar refractivity (Wildman–Crippen MR) is 103 cm³/mol. The third-order valence-electron chi connectivity index (χ3n) is 6.65. The second-order valence-electron chi connectivity index (χ2n) is 8.42. The quantitative estimate of drug-likeness (QED) is 0.776. The van der Waals surface area contributed by atoms with Crippen LogP contribution in [0.4, 0.5) is 0 Å². The number of nitrogens with zero attached hydrogens (tertiary/aromatic N) is 3. The second kappa shape index (κ2) is 7.91. The zero-order chi connectivity index (χ0) is 17.8. The molecular formula is C22H31N3O. The highest BCUT2D eigenvalue weighted by molar-refractivity contribution is 5.83. The molecule has 2 saturated heterocycles. The molecule has 1 atom stereocenters. The van der Waals surface area contributed by atoms with Gasteiger partial charge in [0.2, 0.25) is 5.91 Å². The van der Waals surface area contributed by atoms with Gasteiger partial charge in [-0.05, 0) is 81.6 Å². The summed E-state index contributed by atoms with van der Waals surface area (Å²) in [4.78, 5) is 22.1. The SMILES string of the molecule is O=C1N(Cc2ccncc2)CCCC12CCN(C[C@H]1CC=CCC1)CC2. The molecule has 0 aromatic carbocycles. The maximum atomic E-state index is 13.3. The van der Waals surface area contributed by atoms with E-state index in [0.29, 0.717) is 5.91 Å². The number of likely N-dealkylation sites (tertiary alicyclic amines) is 2. The van der Waals surface area contributed by atoms with Gasteiger partial charge < -0.3 is 9.80 Å². The first kappa shape index (κ1) is 17.7. The lowest BCUT2D eigenvalue weighted by atomic mass is 9.71. The molecule has 4 heteroatoms. The standard InChI is InChI=1S/C22H31N3O/c26-21-22(9-4-14-25(21)18-20-7-12-23-13-8-20)10-15-24(16-11-22)17-19-5-2-1-3-6-19/h1-2,7-8,12-13,19H,3-6,9-11,14-18H2/t19-/m0/s1. The number of pyridine rings is 1. The maximum absolute atomic E-state index is 13.3. The Labute approximate surface area is 157 Å². The van der Waals surface area contributed by atoms with Crippen LogP contribution in [0.2, 0.25) is 0 Å². The number of hydrogen-bond donors (Lipinski definition) is 0. The molecule has 0 unspecified atom stereocenters. The summed E-state index contributed by atoms with van der Waals surface area (Å²) in [6, 6.07) is 4.05. The van der Waals surface area contributed by atoms with Crippen molar-refractivity contribution in [2.45, 2.75) is 51.5 Å². The Hall–Kier alpha value is -1.68. The van der Waals surface area contributed by atoms with Gasteiger partial charge in [0.25, 0.3) is 0 Å². The fourth-order valence-corrected chi connectivity index (χ4v) is 5.03. The molecule has 0 saturated carbocycles. The van der Waals surface area contributed by atoms with Crippen LogP contribution in [-0.2, 0) is 11.3 Å². The van der Waals surface area contributed by atoms with Crippen LogP contribution in [0.3, 0.4) is 0 Å². The van der Waals surface area contributed by atoms with Crippen molar-refractivity contribution in [1.29, 1.82) is 0 Å². The molecule has 0 N–H and O–H groups in total. The van der Waals surface area contributed by atoms with E-state index < -0.39 is 0 Å². The molecule has 3 heterocycles. The molecule has 26 heavy (non-hydrogen) atoms. The van der Waals surface area contributed by atoms with E-state index in [1.54, 1.807) is 0 Å². The Bertz CT molecular complexity index is 634. The van der Waals surface area contributed by atoms with Crippen LogP contribution < -0.4 is 0 Å². The van der Waals surface area contributed by atoms with Crippen molar-refractivity contribution in [3.05, 3.63) is 42.2 Å². The van der Waals surface area contributed by atoms with Gasteiger partial charge in [0.05, 0.1) is 5.41 Å². The minimum Gasteiger partial charge on any atom is -0.338 e. The summed E-state index contributed by atoms with van der Waals surface area (Å²) in [5, 5.41) is 0. The van der Waals surface area contributed by atoms with Crippen LogP contribution in [0.15, 0.2) is 36.7 Å². The van der Waals surface area contributed by atoms with E-state index in [4.69, 9.17) is 0 Å². The molecule has 0 radical (unpaired) electrons. The summed E-state index contributed by atoms with van der Waals surface area (Å²) in [6.45, 7) is 5.04. The summed E-state index contributed by atoms with van der Waals surface area (Å²) in [7, 11) is 0. The monoisotopic (exact) mass is 353 g/mol. The van der Waals surface area contributed by atoms with Gasteiger partial charge in [-0.25, -0.2) is 0 Å². The molecular weight excluding hydrogens is 322 g/mol. The number of amides is 1. The highest BCUT2D eigenvalue weighted by Crippen LogP contribution is 2.41. The Morgan fingerprint density at radius 2 is 1.88 bits per heavy atom. The minimum atomic E-state index is -0.0890. The number of hydrogen-bond acceptors (Lipinski definition) is 3. The summed E-state index contributed by atoms with van der Waals surface area (Å²) in [6.07, 6.45) is 16.4. The van der Waals surface area contributed by atoms with Crippen molar-refractivity contribution < 1.29 is 4.79 Å². The first-order valence-electron chi connectivity index (χ1n) is 10.3. The number of carbonyl (C=O) groups excluding carboxylic acids is 1.